The summed E-state index contributed by atoms with van der Waals surface area (Å²) in [6.07, 6.45) is -0.210. The van der Waals surface area contributed by atoms with E-state index in [2.05, 4.69) is 10.1 Å². The van der Waals surface area contributed by atoms with Gasteiger partial charge in [0.25, 0.3) is 5.91 Å². The summed E-state index contributed by atoms with van der Waals surface area (Å²) in [6.45, 7) is 4.96. The lowest BCUT2D eigenvalue weighted by molar-refractivity contribution is -0.149. The molecule has 0 bridgehead atoms. The molecule has 0 saturated carbocycles. The number of carbonyl (C=O) groups is 2. The molecule has 0 aromatic carbocycles. The summed E-state index contributed by atoms with van der Waals surface area (Å²) in [7, 11) is 0. The van der Waals surface area contributed by atoms with E-state index >= 15 is 0 Å². The largest absolute Gasteiger partial charge is 0.479 e. The van der Waals surface area contributed by atoms with Gasteiger partial charge in [-0.05, 0) is 26.8 Å². The number of hydrogen-bond donors (Lipinski definition) is 1. The van der Waals surface area contributed by atoms with Crippen molar-refractivity contribution in [1.82, 2.24) is 19.5 Å². The van der Waals surface area contributed by atoms with Crippen molar-refractivity contribution in [2.75, 3.05) is 13.1 Å². The second kappa shape index (κ2) is 5.00. The molecule has 1 N–H and O–H groups in total. The van der Waals surface area contributed by atoms with Gasteiger partial charge in [-0.1, -0.05) is 0 Å². The highest BCUT2D eigenvalue weighted by Crippen LogP contribution is 2.28. The van der Waals surface area contributed by atoms with Gasteiger partial charge in [-0.15, -0.1) is 0 Å². The molecule has 2 aromatic rings. The van der Waals surface area contributed by atoms with Crippen molar-refractivity contribution in [3.8, 4) is 0 Å². The zero-order chi connectivity index (χ0) is 16.9. The lowest BCUT2D eigenvalue weighted by atomic mass is 10.1. The Balaban J connectivity index is 2.03. The molecule has 1 atom stereocenters. The van der Waals surface area contributed by atoms with Crippen molar-refractivity contribution >= 4 is 17.5 Å². The van der Waals surface area contributed by atoms with E-state index in [1.165, 1.54) is 4.90 Å². The van der Waals surface area contributed by atoms with E-state index in [1.807, 2.05) is 19.9 Å². The molecule has 1 amide bonds. The fourth-order valence-electron chi connectivity index (χ4n) is 2.96. The highest BCUT2D eigenvalue weighted by Gasteiger charge is 2.47. The Morgan fingerprint density at radius 2 is 2.04 bits per heavy atom. The highest BCUT2D eigenvalue weighted by molar-refractivity contribution is 6.01. The van der Waals surface area contributed by atoms with Gasteiger partial charge in [0.15, 0.2) is 5.65 Å². The average molecular weight is 320 g/mol. The van der Waals surface area contributed by atoms with E-state index in [4.69, 9.17) is 5.11 Å². The van der Waals surface area contributed by atoms with Gasteiger partial charge < -0.3 is 10.0 Å². The van der Waals surface area contributed by atoms with Gasteiger partial charge in [-0.2, -0.15) is 5.10 Å². The van der Waals surface area contributed by atoms with E-state index in [-0.39, 0.29) is 13.0 Å². The Morgan fingerprint density at radius 3 is 2.65 bits per heavy atom. The topological polar surface area (TPSA) is 87.8 Å². The number of fused-ring (bicyclic) bond motifs is 1. The maximum atomic E-state index is 14.2. The lowest BCUT2D eigenvalue weighted by Crippen LogP contribution is -2.39. The molecule has 1 saturated heterocycles. The smallest absolute Gasteiger partial charge is 0.343 e. The number of likely N-dealkylation sites (tertiary alicyclic amines) is 1. The molecule has 1 unspecified atom stereocenters. The monoisotopic (exact) mass is 320 g/mol. The third kappa shape index (κ3) is 2.34. The van der Waals surface area contributed by atoms with Crippen LogP contribution in [-0.4, -0.2) is 55.2 Å². The average Bonchev–Trinajstić information content (AvgIpc) is 3.00. The van der Waals surface area contributed by atoms with E-state index < -0.39 is 24.1 Å². The van der Waals surface area contributed by atoms with Crippen LogP contribution in [-0.2, 0) is 4.79 Å². The molecule has 0 radical (unpaired) electrons. The van der Waals surface area contributed by atoms with Gasteiger partial charge in [-0.3, -0.25) is 4.79 Å². The van der Waals surface area contributed by atoms with Gasteiger partial charge >= 0.3 is 5.97 Å². The number of hydrogen-bond acceptors (Lipinski definition) is 4. The summed E-state index contributed by atoms with van der Waals surface area (Å²) in [5.74, 6) is -1.97. The first-order valence-electron chi connectivity index (χ1n) is 7.28. The minimum absolute atomic E-state index is 0.0587. The molecule has 0 aliphatic carbocycles. The molecule has 8 heteroatoms. The van der Waals surface area contributed by atoms with Crippen LogP contribution in [0.2, 0.25) is 0 Å². The summed E-state index contributed by atoms with van der Waals surface area (Å²) in [5, 5.41) is 13.3. The fourth-order valence-corrected chi connectivity index (χ4v) is 2.96. The lowest BCUT2D eigenvalue weighted by Gasteiger charge is -2.17. The highest BCUT2D eigenvalue weighted by atomic mass is 19.1. The van der Waals surface area contributed by atoms with Gasteiger partial charge in [0.05, 0.1) is 12.2 Å². The third-order valence-corrected chi connectivity index (χ3v) is 4.17. The van der Waals surface area contributed by atoms with Crippen molar-refractivity contribution < 1.29 is 19.1 Å². The first-order valence-corrected chi connectivity index (χ1v) is 7.28. The van der Waals surface area contributed by atoms with Gasteiger partial charge in [-0.25, -0.2) is 18.7 Å². The predicted octanol–water partition coefficient (Wildman–Crippen LogP) is 1.29. The third-order valence-electron chi connectivity index (χ3n) is 4.17. The van der Waals surface area contributed by atoms with E-state index in [1.54, 1.807) is 11.4 Å². The van der Waals surface area contributed by atoms with E-state index in [9.17, 15) is 14.0 Å². The Morgan fingerprint density at radius 1 is 1.35 bits per heavy atom. The Kier molecular flexibility index (Phi) is 3.35. The van der Waals surface area contributed by atoms with Crippen LogP contribution in [0.25, 0.3) is 5.65 Å². The summed E-state index contributed by atoms with van der Waals surface area (Å²) in [5.41, 5.74) is 0.398. The molecule has 122 valence electrons. The second-order valence-electron chi connectivity index (χ2n) is 5.98. The van der Waals surface area contributed by atoms with Crippen molar-refractivity contribution in [2.24, 2.45) is 0 Å². The molecule has 3 rings (SSSR count). The van der Waals surface area contributed by atoms with Crippen molar-refractivity contribution in [1.29, 1.82) is 0 Å². The molecule has 3 heterocycles. The predicted molar refractivity (Wildman–Crippen MR) is 79.2 cm³/mol. The number of aliphatic carboxylic acids is 1. The molecular weight excluding hydrogens is 303 g/mol. The quantitative estimate of drug-likeness (QED) is 0.901. The number of nitrogens with zero attached hydrogens (tertiary/aromatic N) is 4. The fraction of sp³-hybridized carbons (Fsp3) is 0.467. The van der Waals surface area contributed by atoms with Crippen LogP contribution in [0.3, 0.4) is 0 Å². The van der Waals surface area contributed by atoms with Gasteiger partial charge in [0.1, 0.15) is 5.56 Å². The van der Waals surface area contributed by atoms with Crippen molar-refractivity contribution in [3.05, 3.63) is 28.7 Å². The van der Waals surface area contributed by atoms with Crippen LogP contribution in [0.4, 0.5) is 4.39 Å². The molecular formula is C15H17FN4O3. The maximum absolute atomic E-state index is 14.2. The van der Waals surface area contributed by atoms with E-state index in [0.29, 0.717) is 16.9 Å². The minimum atomic E-state index is -2.38. The first kappa shape index (κ1) is 15.4. The van der Waals surface area contributed by atoms with Crippen LogP contribution in [0.1, 0.15) is 33.9 Å². The second-order valence-corrected chi connectivity index (χ2v) is 5.98. The van der Waals surface area contributed by atoms with Gasteiger partial charge in [0.2, 0.25) is 5.67 Å². The Bertz CT molecular complexity index is 832. The van der Waals surface area contributed by atoms with Crippen LogP contribution >= 0.6 is 0 Å². The molecule has 0 spiro atoms. The first-order chi connectivity index (χ1) is 10.7. The Hall–Kier alpha value is -2.51. The number of carboxylic acids is 1. The molecule has 1 aliphatic rings. The number of carboxylic acid groups (broad SMARTS) is 1. The van der Waals surface area contributed by atoms with Crippen LogP contribution in [0.15, 0.2) is 6.07 Å². The van der Waals surface area contributed by atoms with Gasteiger partial charge in [0, 0.05) is 24.4 Å². The van der Waals surface area contributed by atoms with Crippen molar-refractivity contribution in [2.45, 2.75) is 32.9 Å². The zero-order valence-corrected chi connectivity index (χ0v) is 13.1. The van der Waals surface area contributed by atoms with Crippen LogP contribution in [0.5, 0.6) is 0 Å². The summed E-state index contributed by atoms with van der Waals surface area (Å²) in [4.78, 5) is 29.3. The van der Waals surface area contributed by atoms with Crippen LogP contribution < -0.4 is 0 Å². The number of aromatic nitrogens is 3. The number of alkyl halides is 1. The summed E-state index contributed by atoms with van der Waals surface area (Å²) < 4.78 is 15.8. The summed E-state index contributed by atoms with van der Waals surface area (Å²) in [6, 6.07) is 1.85. The minimum Gasteiger partial charge on any atom is -0.479 e. The molecule has 23 heavy (non-hydrogen) atoms. The standard InChI is InChI=1S/C15H17FN4O3/c1-8-6-9(2)20-12(17-8)11(10(3)18-20)13(21)19-5-4-15(16,7-19)14(22)23/h6H,4-5,7H2,1-3H3,(H,22,23). The number of aryl methyl sites for hydroxylation is 3. The molecule has 1 fully saturated rings. The number of amides is 1. The number of halogens is 1. The summed E-state index contributed by atoms with van der Waals surface area (Å²) >= 11 is 0. The maximum Gasteiger partial charge on any atom is 0.343 e. The van der Waals surface area contributed by atoms with Crippen molar-refractivity contribution in [3.63, 3.8) is 0 Å². The zero-order valence-electron chi connectivity index (χ0n) is 13.1. The van der Waals surface area contributed by atoms with E-state index in [0.717, 1.165) is 11.4 Å². The molecule has 2 aromatic heterocycles. The molecule has 1 aliphatic heterocycles. The number of carbonyl (C=O) groups excluding carboxylic acids is 1. The normalized spacial score (nSPS) is 21.1. The number of rotatable bonds is 2. The Labute approximate surface area is 131 Å². The SMILES string of the molecule is Cc1cc(C)n2nc(C)c(C(=O)N3CCC(F)(C(=O)O)C3)c2n1. The van der Waals surface area contributed by atoms with Crippen LogP contribution in [0, 0.1) is 20.8 Å². The molecule has 7 nitrogen and oxygen atoms in total.